The van der Waals surface area contributed by atoms with Gasteiger partial charge in [-0.2, -0.15) is 0 Å². The van der Waals surface area contributed by atoms with Gasteiger partial charge in [0.1, 0.15) is 0 Å². The highest BCUT2D eigenvalue weighted by atomic mass is 16.5. The third-order valence-electron chi connectivity index (χ3n) is 3.00. The molecular weight excluding hydrogens is 212 g/mol. The van der Waals surface area contributed by atoms with Crippen molar-refractivity contribution in [3.63, 3.8) is 0 Å². The van der Waals surface area contributed by atoms with E-state index in [2.05, 4.69) is 48.2 Å². The van der Waals surface area contributed by atoms with E-state index in [0.29, 0.717) is 0 Å². The Morgan fingerprint density at radius 3 is 2.59 bits per heavy atom. The van der Waals surface area contributed by atoms with Crippen molar-refractivity contribution in [2.45, 2.75) is 13.1 Å². The lowest BCUT2D eigenvalue weighted by atomic mass is 10.1. The Labute approximate surface area is 104 Å². The number of hydrogen-bond donors (Lipinski definition) is 0. The summed E-state index contributed by atoms with van der Waals surface area (Å²) in [5, 5.41) is 0. The third-order valence-corrected chi connectivity index (χ3v) is 3.00. The first-order valence-electron chi connectivity index (χ1n) is 6.27. The van der Waals surface area contributed by atoms with Gasteiger partial charge in [-0.15, -0.1) is 0 Å². The molecule has 3 heteroatoms. The molecule has 3 nitrogen and oxygen atoms in total. The molecule has 0 aromatic heterocycles. The molecule has 0 radical (unpaired) electrons. The normalized spacial score (nSPS) is 17.6. The lowest BCUT2D eigenvalue weighted by Gasteiger charge is -2.26. The van der Waals surface area contributed by atoms with Crippen LogP contribution in [0.1, 0.15) is 11.1 Å². The Balaban J connectivity index is 1.95. The van der Waals surface area contributed by atoms with Crippen molar-refractivity contribution in [3.8, 4) is 0 Å². The second-order valence-corrected chi connectivity index (χ2v) is 4.95. The van der Waals surface area contributed by atoms with E-state index < -0.39 is 0 Å². The van der Waals surface area contributed by atoms with Crippen LogP contribution in [0.5, 0.6) is 0 Å². The highest BCUT2D eigenvalue weighted by Gasteiger charge is 2.10. The van der Waals surface area contributed by atoms with Gasteiger partial charge in [0, 0.05) is 26.2 Å². The zero-order chi connectivity index (χ0) is 12.1. The Morgan fingerprint density at radius 1 is 1.18 bits per heavy atom. The second kappa shape index (κ2) is 6.15. The SMILES string of the molecule is CN(C)Cc1cccc(CN2CCOCC2)c1. The summed E-state index contributed by atoms with van der Waals surface area (Å²) >= 11 is 0. The number of ether oxygens (including phenoxy) is 1. The van der Waals surface area contributed by atoms with Crippen LogP contribution in [0.15, 0.2) is 24.3 Å². The minimum absolute atomic E-state index is 0.872. The van der Waals surface area contributed by atoms with Crippen LogP contribution in [0.4, 0.5) is 0 Å². The molecule has 1 fully saturated rings. The summed E-state index contributed by atoms with van der Waals surface area (Å²) in [5.41, 5.74) is 2.80. The van der Waals surface area contributed by atoms with Crippen LogP contribution in [-0.2, 0) is 17.8 Å². The van der Waals surface area contributed by atoms with Crippen LogP contribution in [-0.4, -0.2) is 50.2 Å². The Hall–Kier alpha value is -0.900. The number of benzene rings is 1. The summed E-state index contributed by atoms with van der Waals surface area (Å²) in [6, 6.07) is 8.89. The average molecular weight is 234 g/mol. The summed E-state index contributed by atoms with van der Waals surface area (Å²) in [5.74, 6) is 0. The van der Waals surface area contributed by atoms with E-state index in [0.717, 1.165) is 39.4 Å². The van der Waals surface area contributed by atoms with Crippen LogP contribution in [0.25, 0.3) is 0 Å². The van der Waals surface area contributed by atoms with Crippen molar-refractivity contribution in [2.75, 3.05) is 40.4 Å². The molecule has 0 amide bonds. The van der Waals surface area contributed by atoms with E-state index in [4.69, 9.17) is 4.74 Å². The van der Waals surface area contributed by atoms with Gasteiger partial charge in [0.05, 0.1) is 13.2 Å². The molecule has 1 aliphatic rings. The van der Waals surface area contributed by atoms with Gasteiger partial charge in [0.15, 0.2) is 0 Å². The monoisotopic (exact) mass is 234 g/mol. The van der Waals surface area contributed by atoms with Crippen molar-refractivity contribution in [1.29, 1.82) is 0 Å². The van der Waals surface area contributed by atoms with Gasteiger partial charge in [0.2, 0.25) is 0 Å². The smallest absolute Gasteiger partial charge is 0.0594 e. The maximum atomic E-state index is 5.37. The van der Waals surface area contributed by atoms with E-state index in [-0.39, 0.29) is 0 Å². The van der Waals surface area contributed by atoms with Crippen molar-refractivity contribution in [2.24, 2.45) is 0 Å². The first kappa shape index (κ1) is 12.6. The molecule has 1 aromatic carbocycles. The van der Waals surface area contributed by atoms with Crippen LogP contribution in [0.2, 0.25) is 0 Å². The first-order chi connectivity index (χ1) is 8.24. The van der Waals surface area contributed by atoms with Gasteiger partial charge in [-0.1, -0.05) is 24.3 Å². The Morgan fingerprint density at radius 2 is 1.88 bits per heavy atom. The molecular formula is C14H22N2O. The number of nitrogens with zero attached hydrogens (tertiary/aromatic N) is 2. The van der Waals surface area contributed by atoms with E-state index in [1.54, 1.807) is 0 Å². The first-order valence-corrected chi connectivity index (χ1v) is 6.27. The standard InChI is InChI=1S/C14H22N2O/c1-15(2)11-13-4-3-5-14(10-13)12-16-6-8-17-9-7-16/h3-5,10H,6-9,11-12H2,1-2H3. The highest BCUT2D eigenvalue weighted by molar-refractivity contribution is 5.23. The summed E-state index contributed by atoms with van der Waals surface area (Å²) in [7, 11) is 4.21. The minimum Gasteiger partial charge on any atom is -0.379 e. The maximum Gasteiger partial charge on any atom is 0.0594 e. The van der Waals surface area contributed by atoms with Gasteiger partial charge < -0.3 is 9.64 Å². The summed E-state index contributed by atoms with van der Waals surface area (Å²) in [6.45, 7) is 5.91. The van der Waals surface area contributed by atoms with Crippen molar-refractivity contribution in [3.05, 3.63) is 35.4 Å². The molecule has 1 heterocycles. The quantitative estimate of drug-likeness (QED) is 0.786. The lowest BCUT2D eigenvalue weighted by molar-refractivity contribution is 0.0342. The van der Waals surface area contributed by atoms with Gasteiger partial charge in [-0.25, -0.2) is 0 Å². The van der Waals surface area contributed by atoms with Crippen LogP contribution in [0, 0.1) is 0 Å². The third kappa shape index (κ3) is 4.11. The van der Waals surface area contributed by atoms with E-state index in [1.165, 1.54) is 11.1 Å². The predicted molar refractivity (Wildman–Crippen MR) is 69.9 cm³/mol. The minimum atomic E-state index is 0.872. The molecule has 1 aromatic rings. The van der Waals surface area contributed by atoms with Gasteiger partial charge in [0.25, 0.3) is 0 Å². The topological polar surface area (TPSA) is 15.7 Å². The fourth-order valence-corrected chi connectivity index (χ4v) is 2.21. The van der Waals surface area contributed by atoms with Crippen molar-refractivity contribution >= 4 is 0 Å². The summed E-state index contributed by atoms with van der Waals surface area (Å²) < 4.78 is 5.37. The van der Waals surface area contributed by atoms with Crippen molar-refractivity contribution in [1.82, 2.24) is 9.80 Å². The summed E-state index contributed by atoms with van der Waals surface area (Å²) in [6.07, 6.45) is 0. The zero-order valence-electron chi connectivity index (χ0n) is 10.9. The summed E-state index contributed by atoms with van der Waals surface area (Å²) in [4.78, 5) is 4.66. The highest BCUT2D eigenvalue weighted by Crippen LogP contribution is 2.10. The van der Waals surface area contributed by atoms with Crippen LogP contribution < -0.4 is 0 Å². The molecule has 0 atom stereocenters. The zero-order valence-corrected chi connectivity index (χ0v) is 10.9. The fraction of sp³-hybridized carbons (Fsp3) is 0.571. The van der Waals surface area contributed by atoms with E-state index in [1.807, 2.05) is 0 Å². The van der Waals surface area contributed by atoms with Gasteiger partial charge in [-0.3, -0.25) is 4.90 Å². The molecule has 17 heavy (non-hydrogen) atoms. The molecule has 94 valence electrons. The average Bonchev–Trinajstić information content (AvgIpc) is 2.30. The Kier molecular flexibility index (Phi) is 4.54. The number of morpholine rings is 1. The fourth-order valence-electron chi connectivity index (χ4n) is 2.21. The van der Waals surface area contributed by atoms with E-state index in [9.17, 15) is 0 Å². The molecule has 2 rings (SSSR count). The predicted octanol–water partition coefficient (Wildman–Crippen LogP) is 1.58. The van der Waals surface area contributed by atoms with Crippen LogP contribution >= 0.6 is 0 Å². The molecule has 0 spiro atoms. The molecule has 0 saturated carbocycles. The molecule has 0 bridgehead atoms. The molecule has 1 aliphatic heterocycles. The molecule has 1 saturated heterocycles. The Bertz CT molecular complexity index is 346. The van der Waals surface area contributed by atoms with Crippen LogP contribution in [0.3, 0.4) is 0 Å². The number of rotatable bonds is 4. The van der Waals surface area contributed by atoms with E-state index >= 15 is 0 Å². The largest absolute Gasteiger partial charge is 0.379 e. The maximum absolute atomic E-state index is 5.37. The lowest BCUT2D eigenvalue weighted by Crippen LogP contribution is -2.35. The van der Waals surface area contributed by atoms with Gasteiger partial charge >= 0.3 is 0 Å². The number of hydrogen-bond acceptors (Lipinski definition) is 3. The molecule has 0 aliphatic carbocycles. The second-order valence-electron chi connectivity index (χ2n) is 4.95. The van der Waals surface area contributed by atoms with Gasteiger partial charge in [-0.05, 0) is 25.2 Å². The van der Waals surface area contributed by atoms with Crippen molar-refractivity contribution < 1.29 is 4.74 Å². The molecule has 0 N–H and O–H groups in total. The molecule has 0 unspecified atom stereocenters.